The molecule has 5 heteroatoms. The van der Waals surface area contributed by atoms with Crippen LogP contribution in [0.1, 0.15) is 71.6 Å². The fourth-order valence-electron chi connectivity index (χ4n) is 4.08. The van der Waals surface area contributed by atoms with Gasteiger partial charge in [0.25, 0.3) is 0 Å². The minimum Gasteiger partial charge on any atom is -0.478 e. The Hall–Kier alpha value is -1.17. The van der Waals surface area contributed by atoms with E-state index in [9.17, 15) is 9.90 Å². The number of allylic oxidation sites excluding steroid dienone is 1. The van der Waals surface area contributed by atoms with Crippen LogP contribution < -0.4 is 5.84 Å². The Kier molecular flexibility index (Phi) is 4.87. The molecule has 0 spiro atoms. The van der Waals surface area contributed by atoms with Gasteiger partial charge in [-0.05, 0) is 61.5 Å². The van der Waals surface area contributed by atoms with Crippen LogP contribution in [-0.2, 0) is 12.8 Å². The number of nitrogens with two attached hydrogens (primary N) is 1. The van der Waals surface area contributed by atoms with Crippen LogP contribution in [0.3, 0.4) is 0 Å². The lowest BCUT2D eigenvalue weighted by molar-refractivity contribution is 0.0695. The van der Waals surface area contributed by atoms with Gasteiger partial charge in [0, 0.05) is 23.3 Å². The quantitative estimate of drug-likeness (QED) is 0.635. The Morgan fingerprint density at radius 1 is 1.29 bits per heavy atom. The van der Waals surface area contributed by atoms with Crippen molar-refractivity contribution in [2.45, 2.75) is 58.8 Å². The molecule has 1 aromatic rings. The van der Waals surface area contributed by atoms with Crippen LogP contribution in [0.15, 0.2) is 5.57 Å². The molecule has 0 atom stereocenters. The summed E-state index contributed by atoms with van der Waals surface area (Å²) in [7, 11) is 1.87. The van der Waals surface area contributed by atoms with Crippen molar-refractivity contribution in [3.8, 4) is 0 Å². The first kappa shape index (κ1) is 17.6. The minimum atomic E-state index is -0.765. The summed E-state index contributed by atoms with van der Waals surface area (Å²) < 4.78 is 0. The van der Waals surface area contributed by atoms with Crippen molar-refractivity contribution in [2.24, 2.45) is 11.3 Å². The van der Waals surface area contributed by atoms with Crippen molar-refractivity contribution in [3.63, 3.8) is 0 Å². The highest BCUT2D eigenvalue weighted by molar-refractivity contribution is 7.13. The summed E-state index contributed by atoms with van der Waals surface area (Å²) in [5.41, 5.74) is 4.45. The monoisotopic (exact) mass is 348 g/mol. The van der Waals surface area contributed by atoms with E-state index in [0.717, 1.165) is 55.5 Å². The Morgan fingerprint density at radius 3 is 2.67 bits per heavy atom. The lowest BCUT2D eigenvalue weighted by atomic mass is 9.75. The van der Waals surface area contributed by atoms with Crippen LogP contribution in [0.25, 0.3) is 5.57 Å². The summed E-state index contributed by atoms with van der Waals surface area (Å²) in [5, 5.41) is 11.6. The average molecular weight is 349 g/mol. The Labute approximate surface area is 148 Å². The SMILES string of the molecule is CN(N)CC1=C(c2sc3c(c2C(=O)O)CC(C)(C)CC3)CCCC1. The molecule has 2 aliphatic carbocycles. The molecule has 0 aliphatic heterocycles. The highest BCUT2D eigenvalue weighted by Crippen LogP contribution is 2.46. The zero-order valence-electron chi connectivity index (χ0n) is 14.9. The van der Waals surface area contributed by atoms with E-state index in [-0.39, 0.29) is 5.41 Å². The van der Waals surface area contributed by atoms with Crippen LogP contribution in [0, 0.1) is 5.41 Å². The molecular formula is C19H28N2O2S. The number of hydrogen-bond acceptors (Lipinski definition) is 4. The first-order valence-corrected chi connectivity index (χ1v) is 9.65. The third-order valence-electron chi connectivity index (χ3n) is 5.29. The van der Waals surface area contributed by atoms with Gasteiger partial charge in [-0.25, -0.2) is 9.80 Å². The predicted octanol–water partition coefficient (Wildman–Crippen LogP) is 4.09. The largest absolute Gasteiger partial charge is 0.478 e. The number of thiophene rings is 1. The van der Waals surface area contributed by atoms with Gasteiger partial charge in [-0.3, -0.25) is 5.84 Å². The number of aromatic carboxylic acids is 1. The highest BCUT2D eigenvalue weighted by atomic mass is 32.1. The molecule has 0 aromatic carbocycles. The van der Waals surface area contributed by atoms with Gasteiger partial charge < -0.3 is 5.11 Å². The van der Waals surface area contributed by atoms with Crippen LogP contribution in [0.5, 0.6) is 0 Å². The van der Waals surface area contributed by atoms with Gasteiger partial charge >= 0.3 is 5.97 Å². The Bertz CT molecular complexity index is 686. The van der Waals surface area contributed by atoms with E-state index in [4.69, 9.17) is 5.84 Å². The number of hydrogen-bond donors (Lipinski definition) is 2. The van der Waals surface area contributed by atoms with E-state index in [2.05, 4.69) is 13.8 Å². The average Bonchev–Trinajstić information content (AvgIpc) is 2.84. The Balaban J connectivity index is 2.12. The number of carboxylic acids is 1. The molecule has 0 saturated carbocycles. The van der Waals surface area contributed by atoms with Gasteiger partial charge in [0.2, 0.25) is 0 Å². The van der Waals surface area contributed by atoms with E-state index in [1.807, 2.05) is 7.05 Å². The molecule has 2 aliphatic rings. The van der Waals surface area contributed by atoms with Gasteiger partial charge in [0.15, 0.2) is 0 Å². The second-order valence-corrected chi connectivity index (χ2v) is 9.16. The van der Waals surface area contributed by atoms with Crippen LogP contribution in [0.2, 0.25) is 0 Å². The van der Waals surface area contributed by atoms with E-state index >= 15 is 0 Å². The number of carboxylic acid groups (broad SMARTS) is 1. The Morgan fingerprint density at radius 2 is 2.00 bits per heavy atom. The predicted molar refractivity (Wildman–Crippen MR) is 99.3 cm³/mol. The number of fused-ring (bicyclic) bond motifs is 1. The fraction of sp³-hybridized carbons (Fsp3) is 0.632. The van der Waals surface area contributed by atoms with Crippen LogP contribution in [-0.4, -0.2) is 29.7 Å². The molecule has 1 aromatic heterocycles. The summed E-state index contributed by atoms with van der Waals surface area (Å²) in [6, 6.07) is 0. The summed E-state index contributed by atoms with van der Waals surface area (Å²) in [4.78, 5) is 14.4. The van der Waals surface area contributed by atoms with Crippen LogP contribution in [0.4, 0.5) is 0 Å². The number of carbonyl (C=O) groups is 1. The molecule has 1 heterocycles. The van der Waals surface area contributed by atoms with Crippen molar-refractivity contribution in [2.75, 3.05) is 13.6 Å². The van der Waals surface area contributed by atoms with E-state index in [1.165, 1.54) is 22.4 Å². The van der Waals surface area contributed by atoms with Crippen molar-refractivity contribution in [3.05, 3.63) is 26.5 Å². The summed E-state index contributed by atoms with van der Waals surface area (Å²) in [5.74, 6) is 5.12. The number of hydrazine groups is 1. The van der Waals surface area contributed by atoms with Gasteiger partial charge in [-0.1, -0.05) is 19.4 Å². The first-order valence-electron chi connectivity index (χ1n) is 8.83. The van der Waals surface area contributed by atoms with E-state index in [0.29, 0.717) is 5.56 Å². The van der Waals surface area contributed by atoms with Gasteiger partial charge in [-0.2, -0.15) is 0 Å². The number of nitrogens with zero attached hydrogens (tertiary/aromatic N) is 1. The molecule has 0 bridgehead atoms. The zero-order valence-corrected chi connectivity index (χ0v) is 15.8. The van der Waals surface area contributed by atoms with Gasteiger partial charge in [-0.15, -0.1) is 11.3 Å². The topological polar surface area (TPSA) is 66.6 Å². The van der Waals surface area contributed by atoms with Crippen molar-refractivity contribution < 1.29 is 9.90 Å². The standard InChI is InChI=1S/C19H28N2O2S/c1-19(2)9-8-15-14(10-19)16(18(22)23)17(24-15)13-7-5-4-6-12(13)11-21(3)20/h4-11,20H2,1-3H3,(H,22,23). The number of likely N-dealkylation sites (N-methyl/N-ethyl adjacent to an activating group) is 1. The third-order valence-corrected chi connectivity index (χ3v) is 6.64. The molecule has 4 nitrogen and oxygen atoms in total. The third kappa shape index (κ3) is 3.44. The zero-order chi connectivity index (χ0) is 17.5. The molecule has 132 valence electrons. The molecular weight excluding hydrogens is 320 g/mol. The van der Waals surface area contributed by atoms with Gasteiger partial charge in [0.1, 0.15) is 0 Å². The normalized spacial score (nSPS) is 20.4. The molecule has 0 unspecified atom stereocenters. The summed E-state index contributed by atoms with van der Waals surface area (Å²) in [6.45, 7) is 5.21. The molecule has 3 N–H and O–H groups in total. The van der Waals surface area contributed by atoms with E-state index in [1.54, 1.807) is 16.3 Å². The molecule has 24 heavy (non-hydrogen) atoms. The highest BCUT2D eigenvalue weighted by Gasteiger charge is 2.34. The lowest BCUT2D eigenvalue weighted by Crippen LogP contribution is -2.29. The number of aryl methyl sites for hydroxylation is 1. The van der Waals surface area contributed by atoms with Crippen molar-refractivity contribution in [1.29, 1.82) is 0 Å². The second kappa shape index (κ2) is 6.62. The maximum Gasteiger partial charge on any atom is 0.337 e. The molecule has 0 saturated heterocycles. The van der Waals surface area contributed by atoms with Crippen LogP contribution >= 0.6 is 11.3 Å². The smallest absolute Gasteiger partial charge is 0.337 e. The first-order chi connectivity index (χ1) is 11.3. The summed E-state index contributed by atoms with van der Waals surface area (Å²) >= 11 is 1.73. The fourth-order valence-corrected chi connectivity index (χ4v) is 5.51. The molecule has 0 radical (unpaired) electrons. The maximum absolute atomic E-state index is 12.1. The minimum absolute atomic E-state index is 0.191. The lowest BCUT2D eigenvalue weighted by Gasteiger charge is -2.29. The maximum atomic E-state index is 12.1. The second-order valence-electron chi connectivity index (χ2n) is 8.06. The summed E-state index contributed by atoms with van der Waals surface area (Å²) in [6.07, 6.45) is 7.34. The number of rotatable bonds is 4. The van der Waals surface area contributed by atoms with Crippen molar-refractivity contribution in [1.82, 2.24) is 5.01 Å². The molecule has 0 fully saturated rings. The van der Waals surface area contributed by atoms with E-state index < -0.39 is 5.97 Å². The molecule has 0 amide bonds. The molecule has 3 rings (SSSR count). The van der Waals surface area contributed by atoms with Gasteiger partial charge in [0.05, 0.1) is 5.56 Å². The van der Waals surface area contributed by atoms with Crippen molar-refractivity contribution >= 4 is 22.9 Å².